The molecule has 0 bridgehead atoms. The average Bonchev–Trinajstić information content (AvgIpc) is 2.75. The molecular formula is C28H40F2. The minimum atomic E-state index is -0.472. The lowest BCUT2D eigenvalue weighted by Crippen LogP contribution is -2.25. The van der Waals surface area contributed by atoms with Crippen LogP contribution in [0.5, 0.6) is 0 Å². The van der Waals surface area contributed by atoms with Crippen molar-refractivity contribution in [1.82, 2.24) is 0 Å². The first-order valence-electron chi connectivity index (χ1n) is 12.5. The maximum Gasteiger partial charge on any atom is 0.126 e. The second-order valence-electron chi connectivity index (χ2n) is 9.62. The summed E-state index contributed by atoms with van der Waals surface area (Å²) in [5.41, 5.74) is 0.777. The maximum absolute atomic E-state index is 13.8. The molecule has 30 heavy (non-hydrogen) atoms. The van der Waals surface area contributed by atoms with Gasteiger partial charge in [0, 0.05) is 12.0 Å². The molecule has 0 saturated heterocycles. The molecule has 3 rings (SSSR count). The number of benzene rings is 1. The zero-order chi connectivity index (χ0) is 21.2. The van der Waals surface area contributed by atoms with Crippen molar-refractivity contribution < 1.29 is 8.78 Å². The highest BCUT2D eigenvalue weighted by Crippen LogP contribution is 2.43. The standard InChI is InChI=1S/C28H40F2/c1-2-3-4-5-6-7-8-9-12-22-15-17-23(18-16-22)27-13-10-11-14-28(27)24-19-25(29)21-26(30)20-24/h10-11,13-14,19-23,27-28H,2-9,12,15-18H2,1H3. The molecule has 2 atom stereocenters. The average molecular weight is 415 g/mol. The second-order valence-corrected chi connectivity index (χ2v) is 9.62. The van der Waals surface area contributed by atoms with Gasteiger partial charge in [-0.25, -0.2) is 8.78 Å². The van der Waals surface area contributed by atoms with Gasteiger partial charge < -0.3 is 0 Å². The quantitative estimate of drug-likeness (QED) is 0.317. The van der Waals surface area contributed by atoms with E-state index in [2.05, 4.69) is 25.2 Å². The summed E-state index contributed by atoms with van der Waals surface area (Å²) in [7, 11) is 0. The molecule has 0 aromatic heterocycles. The van der Waals surface area contributed by atoms with Crippen molar-refractivity contribution in [3.63, 3.8) is 0 Å². The smallest absolute Gasteiger partial charge is 0.126 e. The molecule has 0 heterocycles. The first kappa shape index (κ1) is 23.2. The Morgan fingerprint density at radius 3 is 2.00 bits per heavy atom. The predicted octanol–water partition coefficient (Wildman–Crippen LogP) is 9.13. The molecule has 1 aromatic rings. The maximum atomic E-state index is 13.8. The Balaban J connectivity index is 1.41. The highest BCUT2D eigenvalue weighted by molar-refractivity contribution is 5.32. The van der Waals surface area contributed by atoms with Crippen LogP contribution < -0.4 is 0 Å². The Labute approximate surface area is 182 Å². The fourth-order valence-electron chi connectivity index (χ4n) is 5.60. The van der Waals surface area contributed by atoms with Gasteiger partial charge in [0.25, 0.3) is 0 Å². The van der Waals surface area contributed by atoms with E-state index in [1.165, 1.54) is 95.6 Å². The third kappa shape index (κ3) is 7.06. The molecule has 0 amide bonds. The van der Waals surface area contributed by atoms with Crippen LogP contribution in [0.15, 0.2) is 42.5 Å². The highest BCUT2D eigenvalue weighted by Gasteiger charge is 2.32. The van der Waals surface area contributed by atoms with Crippen LogP contribution in [-0.2, 0) is 0 Å². The number of hydrogen-bond donors (Lipinski definition) is 0. The van der Waals surface area contributed by atoms with E-state index in [-0.39, 0.29) is 5.92 Å². The van der Waals surface area contributed by atoms with E-state index in [1.807, 2.05) is 6.08 Å². The van der Waals surface area contributed by atoms with E-state index in [0.717, 1.165) is 17.5 Å². The van der Waals surface area contributed by atoms with Gasteiger partial charge in [-0.2, -0.15) is 0 Å². The molecule has 0 spiro atoms. The second kappa shape index (κ2) is 12.4. The van der Waals surface area contributed by atoms with Crippen molar-refractivity contribution in [3.8, 4) is 0 Å². The monoisotopic (exact) mass is 414 g/mol. The van der Waals surface area contributed by atoms with Crippen LogP contribution in [0.25, 0.3) is 0 Å². The molecule has 0 radical (unpaired) electrons. The van der Waals surface area contributed by atoms with Gasteiger partial charge in [0.05, 0.1) is 0 Å². The molecule has 0 nitrogen and oxygen atoms in total. The Morgan fingerprint density at radius 1 is 0.733 bits per heavy atom. The highest BCUT2D eigenvalue weighted by atomic mass is 19.1. The van der Waals surface area contributed by atoms with Crippen molar-refractivity contribution in [2.75, 3.05) is 0 Å². The number of allylic oxidation sites excluding steroid dienone is 4. The van der Waals surface area contributed by atoms with Crippen molar-refractivity contribution in [2.45, 2.75) is 96.3 Å². The number of rotatable bonds is 11. The molecule has 2 aliphatic carbocycles. The number of hydrogen-bond acceptors (Lipinski definition) is 0. The van der Waals surface area contributed by atoms with Gasteiger partial charge in [0.2, 0.25) is 0 Å². The van der Waals surface area contributed by atoms with E-state index in [0.29, 0.717) is 11.8 Å². The molecule has 2 aliphatic rings. The van der Waals surface area contributed by atoms with Gasteiger partial charge in [-0.15, -0.1) is 0 Å². The lowest BCUT2D eigenvalue weighted by atomic mass is 9.68. The largest absolute Gasteiger partial charge is 0.207 e. The molecular weight excluding hydrogens is 374 g/mol. The summed E-state index contributed by atoms with van der Waals surface area (Å²) in [6, 6.07) is 3.99. The van der Waals surface area contributed by atoms with Crippen molar-refractivity contribution in [1.29, 1.82) is 0 Å². The molecule has 2 heteroatoms. The molecule has 0 N–H and O–H groups in total. The minimum Gasteiger partial charge on any atom is -0.207 e. The lowest BCUT2D eigenvalue weighted by Gasteiger charge is -2.37. The van der Waals surface area contributed by atoms with E-state index in [9.17, 15) is 8.78 Å². The fraction of sp³-hybridized carbons (Fsp3) is 0.643. The number of unbranched alkanes of at least 4 members (excludes halogenated alkanes) is 7. The Hall–Kier alpha value is -1.44. The first-order valence-corrected chi connectivity index (χ1v) is 12.5. The SMILES string of the molecule is CCCCCCCCCCC1CCC(C2C=CC=CC2c2cc(F)cc(F)c2)CC1. The minimum absolute atomic E-state index is 0.0921. The van der Waals surface area contributed by atoms with E-state index >= 15 is 0 Å². The fourth-order valence-corrected chi connectivity index (χ4v) is 5.60. The summed E-state index contributed by atoms with van der Waals surface area (Å²) >= 11 is 0. The topological polar surface area (TPSA) is 0 Å². The van der Waals surface area contributed by atoms with Crippen LogP contribution in [0.1, 0.15) is 102 Å². The van der Waals surface area contributed by atoms with Crippen molar-refractivity contribution in [2.24, 2.45) is 17.8 Å². The zero-order valence-corrected chi connectivity index (χ0v) is 18.8. The third-order valence-corrected chi connectivity index (χ3v) is 7.35. The van der Waals surface area contributed by atoms with Crippen LogP contribution in [0.4, 0.5) is 8.78 Å². The van der Waals surface area contributed by atoms with Gasteiger partial charge in [0.1, 0.15) is 11.6 Å². The van der Waals surface area contributed by atoms with Crippen LogP contribution in [0.2, 0.25) is 0 Å². The first-order chi connectivity index (χ1) is 14.7. The van der Waals surface area contributed by atoms with Crippen molar-refractivity contribution in [3.05, 3.63) is 59.7 Å². The lowest BCUT2D eigenvalue weighted by molar-refractivity contribution is 0.209. The predicted molar refractivity (Wildman–Crippen MR) is 124 cm³/mol. The van der Waals surface area contributed by atoms with Crippen molar-refractivity contribution >= 4 is 0 Å². The van der Waals surface area contributed by atoms with Gasteiger partial charge in [-0.05, 0) is 48.3 Å². The Morgan fingerprint density at radius 2 is 1.33 bits per heavy atom. The molecule has 166 valence electrons. The summed E-state index contributed by atoms with van der Waals surface area (Å²) in [6.45, 7) is 2.28. The molecule has 0 aliphatic heterocycles. The van der Waals surface area contributed by atoms with Gasteiger partial charge in [-0.3, -0.25) is 0 Å². The van der Waals surface area contributed by atoms with Crippen LogP contribution in [0.3, 0.4) is 0 Å². The summed E-state index contributed by atoms with van der Waals surface area (Å²) in [5, 5.41) is 0. The molecule has 1 aromatic carbocycles. The van der Waals surface area contributed by atoms with Gasteiger partial charge in [0.15, 0.2) is 0 Å². The van der Waals surface area contributed by atoms with Gasteiger partial charge >= 0.3 is 0 Å². The Bertz CT molecular complexity index is 662. The van der Waals surface area contributed by atoms with E-state index in [4.69, 9.17) is 0 Å². The summed E-state index contributed by atoms with van der Waals surface area (Å²) < 4.78 is 27.5. The van der Waals surface area contributed by atoms with Gasteiger partial charge in [-0.1, -0.05) is 102 Å². The summed E-state index contributed by atoms with van der Waals surface area (Å²) in [5.74, 6) is 1.02. The van der Waals surface area contributed by atoms with Crippen LogP contribution in [-0.4, -0.2) is 0 Å². The Kier molecular flexibility index (Phi) is 9.62. The van der Waals surface area contributed by atoms with E-state index < -0.39 is 11.6 Å². The number of halogens is 2. The van der Waals surface area contributed by atoms with E-state index in [1.54, 1.807) is 0 Å². The summed E-state index contributed by atoms with van der Waals surface area (Å²) in [4.78, 5) is 0. The van der Waals surface area contributed by atoms with Crippen LogP contribution in [0, 0.1) is 29.4 Å². The normalized spacial score (nSPS) is 26.2. The van der Waals surface area contributed by atoms with Crippen LogP contribution >= 0.6 is 0 Å². The molecule has 1 fully saturated rings. The summed E-state index contributed by atoms with van der Waals surface area (Å²) in [6.07, 6.45) is 26.2. The molecule has 1 saturated carbocycles. The zero-order valence-electron chi connectivity index (χ0n) is 18.8. The molecule has 2 unspecified atom stereocenters. The third-order valence-electron chi connectivity index (χ3n) is 7.35.